The highest BCUT2D eigenvalue weighted by molar-refractivity contribution is 5.69. The van der Waals surface area contributed by atoms with Crippen LogP contribution in [0.1, 0.15) is 11.4 Å². The van der Waals surface area contributed by atoms with Gasteiger partial charge in [-0.3, -0.25) is 9.68 Å². The van der Waals surface area contributed by atoms with Crippen molar-refractivity contribution in [2.75, 3.05) is 14.2 Å². The Labute approximate surface area is 106 Å². The van der Waals surface area contributed by atoms with Crippen molar-refractivity contribution in [1.82, 2.24) is 0 Å². The quantitative estimate of drug-likeness (QED) is 0.744. The molecule has 92 valence electrons. The van der Waals surface area contributed by atoms with Gasteiger partial charge in [0.2, 0.25) is 0 Å². The van der Waals surface area contributed by atoms with Crippen molar-refractivity contribution in [2.24, 2.45) is 0 Å². The smallest absolute Gasteiger partial charge is 0.273 e. The second kappa shape index (κ2) is 4.87. The third-order valence-corrected chi connectivity index (χ3v) is 2.77. The van der Waals surface area contributed by atoms with Gasteiger partial charge in [0.1, 0.15) is 14.2 Å². The van der Waals surface area contributed by atoms with Crippen LogP contribution in [0.2, 0.25) is 0 Å². The van der Waals surface area contributed by atoms with Gasteiger partial charge < -0.3 is 0 Å². The van der Waals surface area contributed by atoms with Crippen molar-refractivity contribution in [3.8, 4) is 0 Å². The molecule has 1 aromatic carbocycles. The van der Waals surface area contributed by atoms with Crippen molar-refractivity contribution < 1.29 is 19.1 Å². The number of para-hydroxylation sites is 2. The maximum Gasteiger partial charge on any atom is 0.334 e. The third-order valence-electron chi connectivity index (χ3n) is 2.77. The van der Waals surface area contributed by atoms with E-state index in [0.29, 0.717) is 0 Å². The molecule has 0 unspecified atom stereocenters. The lowest BCUT2D eigenvalue weighted by Crippen LogP contribution is -2.54. The Bertz CT molecular complexity index is 566. The Balaban J connectivity index is 3.03. The van der Waals surface area contributed by atoms with Crippen molar-refractivity contribution in [1.29, 1.82) is 0 Å². The highest BCUT2D eigenvalue weighted by atomic mass is 16.7. The normalized spacial score (nSPS) is 10.1. The van der Waals surface area contributed by atoms with Crippen LogP contribution in [0.4, 0.5) is 0 Å². The molecule has 0 aliphatic rings. The number of rotatable bonds is 4. The highest BCUT2D eigenvalue weighted by Gasteiger charge is 2.32. The van der Waals surface area contributed by atoms with E-state index in [9.17, 15) is 0 Å². The fourth-order valence-corrected chi connectivity index (χ4v) is 2.04. The number of hydrogen-bond donors (Lipinski definition) is 0. The number of aromatic nitrogens is 2. The molecule has 1 aromatic heterocycles. The Morgan fingerprint density at radius 2 is 1.28 bits per heavy atom. The summed E-state index contributed by atoms with van der Waals surface area (Å²) in [6, 6.07) is 7.79. The van der Waals surface area contributed by atoms with Crippen LogP contribution in [0.15, 0.2) is 37.4 Å². The largest absolute Gasteiger partial charge is 0.334 e. The predicted octanol–water partition coefficient (Wildman–Crippen LogP) is 0.818. The number of fused-ring (bicyclic) bond motifs is 1. The summed E-state index contributed by atoms with van der Waals surface area (Å²) >= 11 is 0. The molecule has 4 heteroatoms. The minimum atomic E-state index is 0.785. The Hall–Kier alpha value is -2.36. The van der Waals surface area contributed by atoms with Gasteiger partial charge in [-0.15, -0.1) is 0 Å². The molecule has 0 aliphatic carbocycles. The van der Waals surface area contributed by atoms with Crippen LogP contribution in [-0.2, 0) is 0 Å². The SMILES string of the molecule is C=Cc1c(C=C)[n+](OC)c2ccccc2[n+]1OC. The zero-order valence-corrected chi connectivity index (χ0v) is 10.6. The molecule has 0 spiro atoms. The van der Waals surface area contributed by atoms with Crippen molar-refractivity contribution in [3.05, 3.63) is 48.8 Å². The molecule has 0 bridgehead atoms. The lowest BCUT2D eigenvalue weighted by Gasteiger charge is -2.03. The molecular formula is C14H16N2O2+2. The molecule has 0 fully saturated rings. The second-order valence-electron chi connectivity index (χ2n) is 3.62. The monoisotopic (exact) mass is 244 g/mol. The van der Waals surface area contributed by atoms with Gasteiger partial charge in [-0.05, 0) is 0 Å². The van der Waals surface area contributed by atoms with E-state index in [1.54, 1.807) is 35.8 Å². The van der Waals surface area contributed by atoms with E-state index in [1.807, 2.05) is 24.3 Å². The zero-order chi connectivity index (χ0) is 13.1. The summed E-state index contributed by atoms with van der Waals surface area (Å²) in [5.74, 6) is 0. The molecule has 0 aliphatic heterocycles. The Kier molecular flexibility index (Phi) is 3.28. The average Bonchev–Trinajstić information content (AvgIpc) is 2.44. The van der Waals surface area contributed by atoms with E-state index in [0.717, 1.165) is 22.4 Å². The van der Waals surface area contributed by atoms with Gasteiger partial charge in [-0.1, -0.05) is 25.3 Å². The van der Waals surface area contributed by atoms with E-state index in [-0.39, 0.29) is 0 Å². The van der Waals surface area contributed by atoms with Crippen molar-refractivity contribution >= 4 is 23.2 Å². The fraction of sp³-hybridized carbons (Fsp3) is 0.143. The minimum Gasteiger partial charge on any atom is -0.273 e. The Morgan fingerprint density at radius 1 is 0.889 bits per heavy atom. The van der Waals surface area contributed by atoms with Crippen LogP contribution in [0.5, 0.6) is 0 Å². The van der Waals surface area contributed by atoms with Crippen molar-refractivity contribution in [3.63, 3.8) is 0 Å². The van der Waals surface area contributed by atoms with Gasteiger partial charge >= 0.3 is 22.4 Å². The number of nitrogens with zero attached hydrogens (tertiary/aromatic N) is 2. The molecule has 0 saturated carbocycles. The van der Waals surface area contributed by atoms with Crippen LogP contribution < -0.4 is 19.1 Å². The topological polar surface area (TPSA) is 26.2 Å². The summed E-state index contributed by atoms with van der Waals surface area (Å²) in [7, 11) is 3.23. The molecule has 2 rings (SSSR count). The van der Waals surface area contributed by atoms with Gasteiger partial charge in [-0.25, -0.2) is 0 Å². The zero-order valence-electron chi connectivity index (χ0n) is 10.6. The van der Waals surface area contributed by atoms with Gasteiger partial charge in [0, 0.05) is 33.7 Å². The second-order valence-corrected chi connectivity index (χ2v) is 3.62. The Morgan fingerprint density at radius 3 is 1.56 bits per heavy atom. The first-order valence-corrected chi connectivity index (χ1v) is 5.55. The van der Waals surface area contributed by atoms with E-state index >= 15 is 0 Å². The summed E-state index contributed by atoms with van der Waals surface area (Å²) in [5, 5.41) is 0. The average molecular weight is 244 g/mol. The molecule has 0 atom stereocenters. The highest BCUT2D eigenvalue weighted by Crippen LogP contribution is 2.10. The van der Waals surface area contributed by atoms with E-state index < -0.39 is 0 Å². The molecular weight excluding hydrogens is 228 g/mol. The van der Waals surface area contributed by atoms with Crippen LogP contribution >= 0.6 is 0 Å². The minimum absolute atomic E-state index is 0.785. The molecule has 0 radical (unpaired) electrons. The van der Waals surface area contributed by atoms with E-state index in [4.69, 9.17) is 9.68 Å². The standard InChI is InChI=1S/C14H16N2O2/c1-5-11-12(6-2)16(18-4)14-10-8-7-9-13(14)15(11)17-3/h5-10H,1-2H2,3-4H3/q+2. The van der Waals surface area contributed by atoms with E-state index in [1.165, 1.54) is 0 Å². The molecule has 0 saturated heterocycles. The van der Waals surface area contributed by atoms with Gasteiger partial charge in [0.05, 0.1) is 0 Å². The van der Waals surface area contributed by atoms with Crippen LogP contribution in [0.3, 0.4) is 0 Å². The lowest BCUT2D eigenvalue weighted by molar-refractivity contribution is -0.903. The molecule has 0 N–H and O–H groups in total. The summed E-state index contributed by atoms with van der Waals surface area (Å²) in [5.41, 5.74) is 3.35. The lowest BCUT2D eigenvalue weighted by atomic mass is 10.2. The van der Waals surface area contributed by atoms with Crippen LogP contribution in [-0.4, -0.2) is 14.2 Å². The van der Waals surface area contributed by atoms with Crippen LogP contribution in [0.25, 0.3) is 23.2 Å². The van der Waals surface area contributed by atoms with Gasteiger partial charge in [-0.2, -0.15) is 0 Å². The summed E-state index contributed by atoms with van der Waals surface area (Å²) in [6.45, 7) is 7.63. The van der Waals surface area contributed by atoms with Gasteiger partial charge in [0.25, 0.3) is 0 Å². The summed E-state index contributed by atoms with van der Waals surface area (Å²) in [6.07, 6.45) is 3.42. The predicted molar refractivity (Wildman–Crippen MR) is 69.5 cm³/mol. The first kappa shape index (κ1) is 12.1. The van der Waals surface area contributed by atoms with Crippen molar-refractivity contribution in [2.45, 2.75) is 0 Å². The maximum absolute atomic E-state index is 5.42. The third kappa shape index (κ3) is 1.62. The fourth-order valence-electron chi connectivity index (χ4n) is 2.04. The molecule has 4 nitrogen and oxygen atoms in total. The molecule has 18 heavy (non-hydrogen) atoms. The van der Waals surface area contributed by atoms with Crippen LogP contribution in [0, 0.1) is 0 Å². The molecule has 2 aromatic rings. The maximum atomic E-state index is 5.42. The summed E-state index contributed by atoms with van der Waals surface area (Å²) < 4.78 is 3.41. The first-order valence-electron chi connectivity index (χ1n) is 5.55. The van der Waals surface area contributed by atoms with E-state index in [2.05, 4.69) is 13.2 Å². The number of benzene rings is 1. The summed E-state index contributed by atoms with van der Waals surface area (Å²) in [4.78, 5) is 10.8. The molecule has 1 heterocycles. The first-order chi connectivity index (χ1) is 8.78. The number of hydrogen-bond acceptors (Lipinski definition) is 2. The van der Waals surface area contributed by atoms with Gasteiger partial charge in [0.15, 0.2) is 0 Å². The molecule has 0 amide bonds.